The third kappa shape index (κ3) is 3.56. The van der Waals surface area contributed by atoms with Gasteiger partial charge in [0.05, 0.1) is 28.5 Å². The van der Waals surface area contributed by atoms with E-state index in [0.717, 1.165) is 17.5 Å². The van der Waals surface area contributed by atoms with Crippen LogP contribution < -0.4 is 5.32 Å². The molecule has 3 rings (SSSR count). The van der Waals surface area contributed by atoms with Gasteiger partial charge in [-0.1, -0.05) is 6.07 Å². The summed E-state index contributed by atoms with van der Waals surface area (Å²) in [4.78, 5) is 8.45. The summed E-state index contributed by atoms with van der Waals surface area (Å²) in [6.45, 7) is 2.13. The average molecular weight is 353 g/mol. The number of aryl methyl sites for hydroxylation is 2. The van der Waals surface area contributed by atoms with Gasteiger partial charge in [0, 0.05) is 7.05 Å². The number of thiophene rings is 1. The smallest absolute Gasteiger partial charge is 0.349 e. The van der Waals surface area contributed by atoms with Crippen LogP contribution in [-0.4, -0.2) is 19.7 Å². The van der Waals surface area contributed by atoms with Crippen LogP contribution in [0.3, 0.4) is 0 Å². The summed E-state index contributed by atoms with van der Waals surface area (Å²) >= 11 is 1.32. The van der Waals surface area contributed by atoms with Gasteiger partial charge in [-0.25, -0.2) is 9.97 Å². The van der Waals surface area contributed by atoms with Gasteiger partial charge in [0.25, 0.3) is 0 Å². The lowest BCUT2D eigenvalue weighted by Gasteiger charge is -2.11. The van der Waals surface area contributed by atoms with E-state index >= 15 is 0 Å². The number of aromatic nitrogens is 4. The topological polar surface area (TPSA) is 55.6 Å². The molecule has 0 aromatic carbocycles. The van der Waals surface area contributed by atoms with Gasteiger partial charge in [-0.15, -0.1) is 11.3 Å². The van der Waals surface area contributed by atoms with E-state index in [1.807, 2.05) is 13.0 Å². The lowest BCUT2D eigenvalue weighted by Crippen LogP contribution is -2.13. The van der Waals surface area contributed by atoms with Crippen molar-refractivity contribution in [1.29, 1.82) is 0 Å². The van der Waals surface area contributed by atoms with Crippen molar-refractivity contribution >= 4 is 17.3 Å². The quantitative estimate of drug-likeness (QED) is 0.773. The molecule has 0 bridgehead atoms. The fraction of sp³-hybridized carbons (Fsp3) is 0.267. The molecule has 0 radical (unpaired) electrons. The van der Waals surface area contributed by atoms with Gasteiger partial charge in [0.15, 0.2) is 5.69 Å². The first-order valence-corrected chi connectivity index (χ1v) is 7.94. The summed E-state index contributed by atoms with van der Waals surface area (Å²) < 4.78 is 40.9. The fourth-order valence-corrected chi connectivity index (χ4v) is 2.91. The molecular weight excluding hydrogens is 339 g/mol. The van der Waals surface area contributed by atoms with E-state index < -0.39 is 11.9 Å². The molecule has 126 valence electrons. The predicted octanol–water partition coefficient (Wildman–Crippen LogP) is 3.88. The Morgan fingerprint density at radius 2 is 2.04 bits per heavy atom. The molecule has 0 unspecified atom stereocenters. The molecule has 0 aliphatic heterocycles. The highest BCUT2D eigenvalue weighted by molar-refractivity contribution is 7.13. The van der Waals surface area contributed by atoms with E-state index in [0.29, 0.717) is 4.88 Å². The van der Waals surface area contributed by atoms with Gasteiger partial charge >= 0.3 is 6.18 Å². The van der Waals surface area contributed by atoms with Crippen LogP contribution in [0, 0.1) is 6.92 Å². The van der Waals surface area contributed by atoms with E-state index in [-0.39, 0.29) is 18.2 Å². The third-order valence-corrected chi connectivity index (χ3v) is 4.21. The highest BCUT2D eigenvalue weighted by atomic mass is 32.1. The summed E-state index contributed by atoms with van der Waals surface area (Å²) in [5.74, 6) is -0.0629. The third-order valence-electron chi connectivity index (χ3n) is 3.32. The molecule has 0 aliphatic carbocycles. The fourth-order valence-electron chi connectivity index (χ4n) is 2.22. The van der Waals surface area contributed by atoms with Crippen LogP contribution in [0.15, 0.2) is 29.6 Å². The summed E-state index contributed by atoms with van der Waals surface area (Å²) in [6.07, 6.45) is -4.53. The lowest BCUT2D eigenvalue weighted by atomic mass is 10.2. The molecule has 0 saturated heterocycles. The molecule has 9 heteroatoms. The molecule has 0 amide bonds. The van der Waals surface area contributed by atoms with Crippen molar-refractivity contribution in [3.63, 3.8) is 0 Å². The zero-order valence-electron chi connectivity index (χ0n) is 12.9. The zero-order chi connectivity index (χ0) is 17.3. The summed E-state index contributed by atoms with van der Waals surface area (Å²) in [6, 6.07) is 6.30. The molecule has 3 aromatic rings. The first-order chi connectivity index (χ1) is 11.3. The molecule has 3 heterocycles. The number of hydrogen-bond donors (Lipinski definition) is 1. The van der Waals surface area contributed by atoms with Crippen LogP contribution in [0.5, 0.6) is 0 Å². The molecule has 0 atom stereocenters. The Bertz CT molecular complexity index is 839. The maximum absolute atomic E-state index is 13.1. The molecule has 0 saturated carbocycles. The summed E-state index contributed by atoms with van der Waals surface area (Å²) in [7, 11) is 1.77. The van der Waals surface area contributed by atoms with E-state index in [4.69, 9.17) is 0 Å². The highest BCUT2D eigenvalue weighted by Crippen LogP contribution is 2.32. The van der Waals surface area contributed by atoms with Gasteiger partial charge < -0.3 is 5.32 Å². The van der Waals surface area contributed by atoms with Crippen molar-refractivity contribution in [3.8, 4) is 10.6 Å². The number of rotatable bonds is 4. The highest BCUT2D eigenvalue weighted by Gasteiger charge is 2.34. The SMILES string of the molecule is Cc1cc(CNc2nc(-c3cccs3)cc(C(F)(F)F)n2)n(C)n1. The number of hydrogen-bond acceptors (Lipinski definition) is 5. The Balaban J connectivity index is 1.91. The largest absolute Gasteiger partial charge is 0.433 e. The lowest BCUT2D eigenvalue weighted by molar-refractivity contribution is -0.141. The Labute approximate surface area is 140 Å². The minimum Gasteiger partial charge on any atom is -0.349 e. The Morgan fingerprint density at radius 1 is 1.25 bits per heavy atom. The predicted molar refractivity (Wildman–Crippen MR) is 85.6 cm³/mol. The van der Waals surface area contributed by atoms with Crippen molar-refractivity contribution in [2.45, 2.75) is 19.6 Å². The Hall–Kier alpha value is -2.42. The molecule has 5 nitrogen and oxygen atoms in total. The van der Waals surface area contributed by atoms with Crippen LogP contribution in [0.2, 0.25) is 0 Å². The van der Waals surface area contributed by atoms with E-state index in [1.54, 1.807) is 29.2 Å². The summed E-state index contributed by atoms with van der Waals surface area (Å²) in [5.41, 5.74) is 0.935. The van der Waals surface area contributed by atoms with Crippen LogP contribution in [0.25, 0.3) is 10.6 Å². The molecule has 24 heavy (non-hydrogen) atoms. The molecule has 1 N–H and O–H groups in total. The number of halogens is 3. The minimum atomic E-state index is -4.53. The van der Waals surface area contributed by atoms with Gasteiger partial charge in [-0.3, -0.25) is 4.68 Å². The Morgan fingerprint density at radius 3 is 2.62 bits per heavy atom. The van der Waals surface area contributed by atoms with Crippen molar-refractivity contribution in [2.24, 2.45) is 7.05 Å². The maximum Gasteiger partial charge on any atom is 0.433 e. The first kappa shape index (κ1) is 16.4. The van der Waals surface area contributed by atoms with E-state index in [1.165, 1.54) is 11.3 Å². The normalized spacial score (nSPS) is 11.7. The first-order valence-electron chi connectivity index (χ1n) is 7.06. The number of anilines is 1. The zero-order valence-corrected chi connectivity index (χ0v) is 13.7. The van der Waals surface area contributed by atoms with E-state index in [9.17, 15) is 13.2 Å². The van der Waals surface area contributed by atoms with Crippen molar-refractivity contribution in [1.82, 2.24) is 19.7 Å². The van der Waals surface area contributed by atoms with Crippen molar-refractivity contribution < 1.29 is 13.2 Å². The second-order valence-corrected chi connectivity index (χ2v) is 6.14. The second-order valence-electron chi connectivity index (χ2n) is 5.19. The second kappa shape index (κ2) is 6.23. The van der Waals surface area contributed by atoms with Gasteiger partial charge in [-0.05, 0) is 30.5 Å². The summed E-state index contributed by atoms with van der Waals surface area (Å²) in [5, 5.41) is 8.84. The van der Waals surface area contributed by atoms with Crippen molar-refractivity contribution in [2.75, 3.05) is 5.32 Å². The molecule has 3 aromatic heterocycles. The van der Waals surface area contributed by atoms with Gasteiger partial charge in [-0.2, -0.15) is 18.3 Å². The van der Waals surface area contributed by atoms with E-state index in [2.05, 4.69) is 20.4 Å². The van der Waals surface area contributed by atoms with Gasteiger partial charge in [0.2, 0.25) is 5.95 Å². The monoisotopic (exact) mass is 353 g/mol. The number of nitrogens with one attached hydrogen (secondary N) is 1. The molecule has 0 spiro atoms. The molecule has 0 fully saturated rings. The van der Waals surface area contributed by atoms with Gasteiger partial charge in [0.1, 0.15) is 0 Å². The molecule has 0 aliphatic rings. The van der Waals surface area contributed by atoms with Crippen LogP contribution in [-0.2, 0) is 19.8 Å². The molecular formula is C15H14F3N5S. The van der Waals surface area contributed by atoms with Crippen LogP contribution in [0.1, 0.15) is 17.1 Å². The van der Waals surface area contributed by atoms with Crippen molar-refractivity contribution in [3.05, 3.63) is 46.7 Å². The van der Waals surface area contributed by atoms with Crippen LogP contribution in [0.4, 0.5) is 19.1 Å². The standard InChI is InChI=1S/C15H14F3N5S/c1-9-6-10(23(2)22-9)8-19-14-20-11(12-4-3-5-24-12)7-13(21-14)15(16,17)18/h3-7H,8H2,1-2H3,(H,19,20,21). The number of alkyl halides is 3. The minimum absolute atomic E-state index is 0.0629. The Kier molecular flexibility index (Phi) is 4.27. The maximum atomic E-state index is 13.1. The van der Waals surface area contributed by atoms with Crippen LogP contribution >= 0.6 is 11.3 Å². The number of nitrogens with zero attached hydrogens (tertiary/aromatic N) is 4. The average Bonchev–Trinajstić information content (AvgIpc) is 3.14.